The van der Waals surface area contributed by atoms with Gasteiger partial charge in [-0.1, -0.05) is 20.3 Å². The second-order valence-corrected chi connectivity index (χ2v) is 7.09. The standard InChI is InChI=1S/C18H28N4/c1-12(2)18-16(11-21-13(3)6-5-7-14(21)4)22-10-15(19)8-9-17(22)20-18/h8-10,12-14H,5-7,11,19H2,1-4H3. The summed E-state index contributed by atoms with van der Waals surface area (Å²) in [4.78, 5) is 7.48. The Labute approximate surface area is 133 Å². The van der Waals surface area contributed by atoms with Crippen molar-refractivity contribution in [1.82, 2.24) is 14.3 Å². The minimum Gasteiger partial charge on any atom is -0.398 e. The number of fused-ring (bicyclic) bond motifs is 1. The number of rotatable bonds is 3. The Morgan fingerprint density at radius 2 is 1.91 bits per heavy atom. The Bertz CT molecular complexity index is 648. The van der Waals surface area contributed by atoms with E-state index in [9.17, 15) is 0 Å². The minimum absolute atomic E-state index is 0.423. The van der Waals surface area contributed by atoms with Crippen LogP contribution in [0.15, 0.2) is 18.3 Å². The highest BCUT2D eigenvalue weighted by atomic mass is 15.2. The molecule has 3 rings (SSSR count). The van der Waals surface area contributed by atoms with E-state index in [1.54, 1.807) is 0 Å². The number of anilines is 1. The SMILES string of the molecule is CC(C)c1nc2ccc(N)cn2c1CN1C(C)CCCC1C. The molecule has 1 saturated heterocycles. The number of nitrogen functional groups attached to an aromatic ring is 1. The zero-order valence-corrected chi connectivity index (χ0v) is 14.2. The van der Waals surface area contributed by atoms with Gasteiger partial charge in [0.15, 0.2) is 0 Å². The number of imidazole rings is 1. The molecule has 0 aromatic carbocycles. The van der Waals surface area contributed by atoms with Crippen molar-refractivity contribution in [2.45, 2.75) is 71.5 Å². The predicted octanol–water partition coefficient (Wildman–Crippen LogP) is 3.80. The lowest BCUT2D eigenvalue weighted by atomic mass is 9.96. The molecule has 120 valence electrons. The van der Waals surface area contributed by atoms with Gasteiger partial charge in [-0.25, -0.2) is 4.98 Å². The van der Waals surface area contributed by atoms with Crippen LogP contribution in [0.1, 0.15) is 64.3 Å². The normalized spacial score (nSPS) is 23.5. The van der Waals surface area contributed by atoms with Gasteiger partial charge in [0.2, 0.25) is 0 Å². The zero-order chi connectivity index (χ0) is 15.9. The molecule has 1 aliphatic heterocycles. The van der Waals surface area contributed by atoms with E-state index in [0.717, 1.165) is 17.9 Å². The molecule has 4 nitrogen and oxygen atoms in total. The van der Waals surface area contributed by atoms with Crippen molar-refractivity contribution in [3.8, 4) is 0 Å². The first kappa shape index (κ1) is 15.3. The molecule has 1 aliphatic rings. The van der Waals surface area contributed by atoms with Crippen LogP contribution in [-0.2, 0) is 6.54 Å². The maximum absolute atomic E-state index is 6.00. The van der Waals surface area contributed by atoms with Gasteiger partial charge in [-0.05, 0) is 44.7 Å². The highest BCUT2D eigenvalue weighted by Crippen LogP contribution is 2.28. The van der Waals surface area contributed by atoms with Gasteiger partial charge < -0.3 is 10.1 Å². The number of likely N-dealkylation sites (tertiary alicyclic amines) is 1. The maximum atomic E-state index is 6.00. The van der Waals surface area contributed by atoms with Crippen LogP contribution in [0.5, 0.6) is 0 Å². The van der Waals surface area contributed by atoms with E-state index in [1.807, 2.05) is 18.3 Å². The number of pyridine rings is 1. The summed E-state index contributed by atoms with van der Waals surface area (Å²) in [6.45, 7) is 10.1. The van der Waals surface area contributed by atoms with Crippen molar-refractivity contribution in [1.29, 1.82) is 0 Å². The molecule has 4 heteroatoms. The van der Waals surface area contributed by atoms with Crippen LogP contribution in [-0.4, -0.2) is 26.4 Å². The average Bonchev–Trinajstić information content (AvgIpc) is 2.81. The summed E-state index contributed by atoms with van der Waals surface area (Å²) in [6.07, 6.45) is 5.94. The zero-order valence-electron chi connectivity index (χ0n) is 14.2. The molecule has 1 fully saturated rings. The van der Waals surface area contributed by atoms with Crippen LogP contribution >= 0.6 is 0 Å². The molecule has 0 aliphatic carbocycles. The second kappa shape index (κ2) is 5.92. The summed E-state index contributed by atoms with van der Waals surface area (Å²) in [5.41, 5.74) is 10.3. The molecule has 22 heavy (non-hydrogen) atoms. The third-order valence-electron chi connectivity index (χ3n) is 5.03. The number of hydrogen-bond donors (Lipinski definition) is 1. The number of aromatic nitrogens is 2. The van der Waals surface area contributed by atoms with Crippen molar-refractivity contribution < 1.29 is 0 Å². The van der Waals surface area contributed by atoms with E-state index in [0.29, 0.717) is 18.0 Å². The number of piperidine rings is 1. The molecule has 2 aromatic rings. The lowest BCUT2D eigenvalue weighted by molar-refractivity contribution is 0.0931. The number of hydrogen-bond acceptors (Lipinski definition) is 3. The first-order chi connectivity index (χ1) is 10.5. The lowest BCUT2D eigenvalue weighted by Gasteiger charge is -2.39. The number of nitrogens with two attached hydrogens (primary N) is 1. The van der Waals surface area contributed by atoms with Gasteiger partial charge in [0.05, 0.1) is 11.4 Å². The van der Waals surface area contributed by atoms with E-state index in [-0.39, 0.29) is 0 Å². The summed E-state index contributed by atoms with van der Waals surface area (Å²) >= 11 is 0. The molecular formula is C18H28N4. The molecular weight excluding hydrogens is 272 g/mol. The molecule has 2 atom stereocenters. The second-order valence-electron chi connectivity index (χ2n) is 7.09. The van der Waals surface area contributed by atoms with Gasteiger partial charge in [0.1, 0.15) is 5.65 Å². The largest absolute Gasteiger partial charge is 0.398 e. The fraction of sp³-hybridized carbons (Fsp3) is 0.611. The quantitative estimate of drug-likeness (QED) is 0.937. The Balaban J connectivity index is 2.04. The Kier molecular flexibility index (Phi) is 4.13. The van der Waals surface area contributed by atoms with E-state index in [4.69, 9.17) is 10.7 Å². The van der Waals surface area contributed by atoms with Crippen LogP contribution in [0.2, 0.25) is 0 Å². The van der Waals surface area contributed by atoms with E-state index < -0.39 is 0 Å². The third kappa shape index (κ3) is 2.72. The molecule has 0 radical (unpaired) electrons. The van der Waals surface area contributed by atoms with E-state index in [1.165, 1.54) is 30.7 Å². The number of nitrogens with zero attached hydrogens (tertiary/aromatic N) is 3. The molecule has 0 saturated carbocycles. The van der Waals surface area contributed by atoms with Gasteiger partial charge in [0, 0.05) is 30.5 Å². The fourth-order valence-electron chi connectivity index (χ4n) is 3.71. The van der Waals surface area contributed by atoms with Gasteiger partial charge in [0.25, 0.3) is 0 Å². The summed E-state index contributed by atoms with van der Waals surface area (Å²) in [6, 6.07) is 5.22. The first-order valence-corrected chi connectivity index (χ1v) is 8.49. The third-order valence-corrected chi connectivity index (χ3v) is 5.03. The summed E-state index contributed by atoms with van der Waals surface area (Å²) in [7, 11) is 0. The van der Waals surface area contributed by atoms with Crippen LogP contribution < -0.4 is 5.73 Å². The van der Waals surface area contributed by atoms with Gasteiger partial charge in [-0.15, -0.1) is 0 Å². The predicted molar refractivity (Wildman–Crippen MR) is 92.0 cm³/mol. The molecule has 2 N–H and O–H groups in total. The van der Waals surface area contributed by atoms with Gasteiger partial charge in [-0.2, -0.15) is 0 Å². The molecule has 2 unspecified atom stereocenters. The topological polar surface area (TPSA) is 46.6 Å². The Morgan fingerprint density at radius 3 is 2.55 bits per heavy atom. The van der Waals surface area contributed by atoms with Crippen molar-refractivity contribution in [3.63, 3.8) is 0 Å². The van der Waals surface area contributed by atoms with Crippen LogP contribution in [0.25, 0.3) is 5.65 Å². The highest BCUT2D eigenvalue weighted by molar-refractivity contribution is 5.50. The Morgan fingerprint density at radius 1 is 1.23 bits per heavy atom. The summed E-state index contributed by atoms with van der Waals surface area (Å²) < 4.78 is 2.19. The monoisotopic (exact) mass is 300 g/mol. The first-order valence-electron chi connectivity index (χ1n) is 8.49. The molecule has 2 aromatic heterocycles. The molecule has 0 spiro atoms. The molecule has 0 amide bonds. The van der Waals surface area contributed by atoms with Crippen molar-refractivity contribution in [2.75, 3.05) is 5.73 Å². The van der Waals surface area contributed by atoms with Crippen molar-refractivity contribution in [2.24, 2.45) is 0 Å². The summed E-state index contributed by atoms with van der Waals surface area (Å²) in [5.74, 6) is 0.423. The summed E-state index contributed by atoms with van der Waals surface area (Å²) in [5, 5.41) is 0. The molecule has 0 bridgehead atoms. The van der Waals surface area contributed by atoms with Gasteiger partial charge in [-0.3, -0.25) is 4.90 Å². The van der Waals surface area contributed by atoms with E-state index >= 15 is 0 Å². The average molecular weight is 300 g/mol. The minimum atomic E-state index is 0.423. The van der Waals surface area contributed by atoms with Crippen molar-refractivity contribution >= 4 is 11.3 Å². The Hall–Kier alpha value is -1.55. The van der Waals surface area contributed by atoms with E-state index in [2.05, 4.69) is 37.0 Å². The fourth-order valence-corrected chi connectivity index (χ4v) is 3.71. The smallest absolute Gasteiger partial charge is 0.137 e. The lowest BCUT2D eigenvalue weighted by Crippen LogP contribution is -2.43. The van der Waals surface area contributed by atoms with Gasteiger partial charge >= 0.3 is 0 Å². The molecule has 3 heterocycles. The van der Waals surface area contributed by atoms with Crippen LogP contribution in [0.4, 0.5) is 5.69 Å². The van der Waals surface area contributed by atoms with Crippen LogP contribution in [0, 0.1) is 0 Å². The highest BCUT2D eigenvalue weighted by Gasteiger charge is 2.27. The maximum Gasteiger partial charge on any atom is 0.137 e. The van der Waals surface area contributed by atoms with Crippen molar-refractivity contribution in [3.05, 3.63) is 29.7 Å². The van der Waals surface area contributed by atoms with Crippen LogP contribution in [0.3, 0.4) is 0 Å².